The summed E-state index contributed by atoms with van der Waals surface area (Å²) in [4.78, 5) is 14.4. The zero-order valence-electron chi connectivity index (χ0n) is 10.4. The van der Waals surface area contributed by atoms with E-state index in [4.69, 9.17) is 4.74 Å². The van der Waals surface area contributed by atoms with Gasteiger partial charge in [-0.25, -0.2) is 0 Å². The molecule has 3 saturated heterocycles. The molecule has 1 N–H and O–H groups in total. The third-order valence-electron chi connectivity index (χ3n) is 4.57. The van der Waals surface area contributed by atoms with Gasteiger partial charge in [0.2, 0.25) is 5.91 Å². The Kier molecular flexibility index (Phi) is 3.09. The average molecular weight is 238 g/mol. The number of amides is 1. The minimum absolute atomic E-state index is 0.0928. The summed E-state index contributed by atoms with van der Waals surface area (Å²) < 4.78 is 5.71. The molecule has 2 unspecified atom stereocenters. The molecule has 96 valence electrons. The van der Waals surface area contributed by atoms with E-state index in [1.807, 2.05) is 0 Å². The van der Waals surface area contributed by atoms with Crippen LogP contribution in [-0.4, -0.2) is 48.7 Å². The summed E-state index contributed by atoms with van der Waals surface area (Å²) >= 11 is 0. The largest absolute Gasteiger partial charge is 0.379 e. The van der Waals surface area contributed by atoms with Crippen molar-refractivity contribution in [1.82, 2.24) is 10.2 Å². The normalized spacial score (nSPS) is 39.5. The third kappa shape index (κ3) is 2.08. The highest BCUT2D eigenvalue weighted by Crippen LogP contribution is 2.34. The number of ether oxygens (including phenoxy) is 1. The zero-order chi connectivity index (χ0) is 11.7. The quantitative estimate of drug-likeness (QED) is 0.682. The van der Waals surface area contributed by atoms with Gasteiger partial charge in [-0.05, 0) is 32.2 Å². The number of carbonyl (C=O) groups excluding carboxylic acids is 1. The molecule has 0 aromatic rings. The second-order valence-electron chi connectivity index (χ2n) is 5.70. The Bertz CT molecular complexity index is 300. The molecule has 4 nitrogen and oxygen atoms in total. The minimum atomic E-state index is 0.0928. The van der Waals surface area contributed by atoms with Gasteiger partial charge in [0, 0.05) is 25.6 Å². The first-order valence-corrected chi connectivity index (χ1v) is 6.91. The first kappa shape index (κ1) is 11.5. The highest BCUT2D eigenvalue weighted by molar-refractivity contribution is 5.77. The van der Waals surface area contributed by atoms with Gasteiger partial charge in [-0.3, -0.25) is 9.69 Å². The van der Waals surface area contributed by atoms with Gasteiger partial charge in [0.05, 0.1) is 12.1 Å². The van der Waals surface area contributed by atoms with Crippen LogP contribution in [0.2, 0.25) is 0 Å². The van der Waals surface area contributed by atoms with Crippen LogP contribution in [-0.2, 0) is 9.53 Å². The lowest BCUT2D eigenvalue weighted by molar-refractivity contribution is -0.121. The van der Waals surface area contributed by atoms with Crippen LogP contribution < -0.4 is 5.32 Å². The molecule has 2 atom stereocenters. The van der Waals surface area contributed by atoms with Gasteiger partial charge >= 0.3 is 0 Å². The number of carbonyl (C=O) groups is 1. The van der Waals surface area contributed by atoms with Crippen molar-refractivity contribution in [3.05, 3.63) is 0 Å². The molecular formula is C13H22N2O2. The average Bonchev–Trinajstić information content (AvgIpc) is 2.50. The van der Waals surface area contributed by atoms with E-state index in [0.717, 1.165) is 32.7 Å². The number of nitrogens with one attached hydrogen (secondary N) is 1. The maximum atomic E-state index is 11.8. The highest BCUT2D eigenvalue weighted by Gasteiger charge is 2.45. The first-order valence-electron chi connectivity index (χ1n) is 6.91. The van der Waals surface area contributed by atoms with Crippen molar-refractivity contribution in [3.8, 4) is 0 Å². The van der Waals surface area contributed by atoms with Crippen molar-refractivity contribution in [2.75, 3.05) is 26.3 Å². The zero-order valence-corrected chi connectivity index (χ0v) is 10.4. The van der Waals surface area contributed by atoms with Gasteiger partial charge in [-0.2, -0.15) is 0 Å². The highest BCUT2D eigenvalue weighted by atomic mass is 16.5. The summed E-state index contributed by atoms with van der Waals surface area (Å²) in [5.74, 6) is 0.226. The predicted molar refractivity (Wildman–Crippen MR) is 64.8 cm³/mol. The van der Waals surface area contributed by atoms with Gasteiger partial charge in [0.15, 0.2) is 0 Å². The molecule has 0 saturated carbocycles. The summed E-state index contributed by atoms with van der Waals surface area (Å²) in [5, 5.41) is 3.10. The fraction of sp³-hybridized carbons (Fsp3) is 0.923. The molecule has 4 heteroatoms. The van der Waals surface area contributed by atoms with E-state index in [-0.39, 0.29) is 11.4 Å². The van der Waals surface area contributed by atoms with Gasteiger partial charge in [0.1, 0.15) is 0 Å². The van der Waals surface area contributed by atoms with Crippen molar-refractivity contribution >= 4 is 5.91 Å². The van der Waals surface area contributed by atoms with Crippen molar-refractivity contribution < 1.29 is 9.53 Å². The lowest BCUT2D eigenvalue weighted by Gasteiger charge is -2.49. The van der Waals surface area contributed by atoms with Crippen LogP contribution in [0.15, 0.2) is 0 Å². The molecule has 3 fully saturated rings. The fourth-order valence-electron chi connectivity index (χ4n) is 3.69. The van der Waals surface area contributed by atoms with Gasteiger partial charge in [-0.1, -0.05) is 6.42 Å². The molecule has 0 aromatic carbocycles. The Morgan fingerprint density at radius 2 is 2.29 bits per heavy atom. The predicted octanol–water partition coefficient (Wildman–Crippen LogP) is 0.910. The van der Waals surface area contributed by atoms with Crippen LogP contribution in [0.25, 0.3) is 0 Å². The maximum Gasteiger partial charge on any atom is 0.221 e. The monoisotopic (exact) mass is 238 g/mol. The minimum Gasteiger partial charge on any atom is -0.379 e. The van der Waals surface area contributed by atoms with E-state index in [1.165, 1.54) is 25.7 Å². The van der Waals surface area contributed by atoms with Crippen LogP contribution in [0.5, 0.6) is 0 Å². The Morgan fingerprint density at radius 1 is 1.35 bits per heavy atom. The van der Waals surface area contributed by atoms with E-state index in [2.05, 4.69) is 10.2 Å². The first-order chi connectivity index (χ1) is 8.30. The lowest BCUT2D eigenvalue weighted by Crippen LogP contribution is -2.61. The van der Waals surface area contributed by atoms with Gasteiger partial charge < -0.3 is 10.1 Å². The Hall–Kier alpha value is -0.610. The van der Waals surface area contributed by atoms with Gasteiger partial charge in [-0.15, -0.1) is 0 Å². The second kappa shape index (κ2) is 4.58. The Morgan fingerprint density at radius 3 is 3.12 bits per heavy atom. The Labute approximate surface area is 103 Å². The molecule has 3 rings (SSSR count). The smallest absolute Gasteiger partial charge is 0.221 e. The van der Waals surface area contributed by atoms with Crippen LogP contribution >= 0.6 is 0 Å². The summed E-state index contributed by atoms with van der Waals surface area (Å²) in [6, 6.07) is 0.452. The molecule has 0 bridgehead atoms. The molecule has 3 heterocycles. The SMILES string of the molecule is O=C1CC2CCCCN2C2(CCCOC2)CN1. The molecule has 0 aromatic heterocycles. The summed E-state index contributed by atoms with van der Waals surface area (Å²) in [5.41, 5.74) is 0.0928. The van der Waals surface area contributed by atoms with E-state index in [0.29, 0.717) is 12.5 Å². The summed E-state index contributed by atoms with van der Waals surface area (Å²) in [6.45, 7) is 3.60. The lowest BCUT2D eigenvalue weighted by atomic mass is 9.86. The van der Waals surface area contributed by atoms with Crippen LogP contribution in [0, 0.1) is 0 Å². The standard InChI is InChI=1S/C13H22N2O2/c16-12-8-11-4-1-2-6-15(11)13(9-14-12)5-3-7-17-10-13/h11H,1-10H2,(H,14,16). The van der Waals surface area contributed by atoms with Crippen LogP contribution in [0.1, 0.15) is 38.5 Å². The van der Waals surface area contributed by atoms with E-state index in [9.17, 15) is 4.79 Å². The van der Waals surface area contributed by atoms with E-state index >= 15 is 0 Å². The second-order valence-corrected chi connectivity index (χ2v) is 5.70. The molecular weight excluding hydrogens is 216 g/mol. The number of hydrogen-bond acceptors (Lipinski definition) is 3. The number of piperidine rings is 1. The molecule has 3 aliphatic heterocycles. The van der Waals surface area contributed by atoms with Crippen molar-refractivity contribution in [2.24, 2.45) is 0 Å². The number of nitrogens with zero attached hydrogens (tertiary/aromatic N) is 1. The number of fused-ring (bicyclic) bond motifs is 2. The number of hydrogen-bond donors (Lipinski definition) is 1. The number of rotatable bonds is 0. The third-order valence-corrected chi connectivity index (χ3v) is 4.57. The van der Waals surface area contributed by atoms with E-state index in [1.54, 1.807) is 0 Å². The molecule has 0 aliphatic carbocycles. The molecule has 3 aliphatic rings. The van der Waals surface area contributed by atoms with Crippen molar-refractivity contribution in [1.29, 1.82) is 0 Å². The molecule has 0 radical (unpaired) electrons. The maximum absolute atomic E-state index is 11.8. The summed E-state index contributed by atoms with van der Waals surface area (Å²) in [7, 11) is 0. The molecule has 17 heavy (non-hydrogen) atoms. The topological polar surface area (TPSA) is 41.6 Å². The van der Waals surface area contributed by atoms with E-state index < -0.39 is 0 Å². The van der Waals surface area contributed by atoms with Crippen molar-refractivity contribution in [2.45, 2.75) is 50.1 Å². The Balaban J connectivity index is 1.86. The molecule has 1 amide bonds. The molecule has 1 spiro atoms. The fourth-order valence-corrected chi connectivity index (χ4v) is 3.69. The van der Waals surface area contributed by atoms with Gasteiger partial charge in [0.25, 0.3) is 0 Å². The summed E-state index contributed by atoms with van der Waals surface area (Å²) in [6.07, 6.45) is 6.69. The van der Waals surface area contributed by atoms with Crippen LogP contribution in [0.3, 0.4) is 0 Å². The van der Waals surface area contributed by atoms with Crippen molar-refractivity contribution in [3.63, 3.8) is 0 Å². The van der Waals surface area contributed by atoms with Crippen LogP contribution in [0.4, 0.5) is 0 Å².